The maximum Gasteiger partial charge on any atom is 0.250 e. The molecule has 0 bridgehead atoms. The van der Waals surface area contributed by atoms with E-state index in [0.717, 1.165) is 78.0 Å². The number of nitriles is 1. The predicted octanol–water partition coefficient (Wildman–Crippen LogP) is 4.76. The van der Waals surface area contributed by atoms with Crippen molar-refractivity contribution in [2.24, 2.45) is 0 Å². The van der Waals surface area contributed by atoms with Gasteiger partial charge < -0.3 is 14.7 Å². The molecule has 0 N–H and O–H groups in total. The van der Waals surface area contributed by atoms with Crippen molar-refractivity contribution >= 4 is 22.8 Å². The van der Waals surface area contributed by atoms with E-state index in [1.54, 1.807) is 11.1 Å². The van der Waals surface area contributed by atoms with Crippen LogP contribution in [-0.4, -0.2) is 60.2 Å². The van der Waals surface area contributed by atoms with Gasteiger partial charge in [-0.2, -0.15) is 10.4 Å². The second-order valence-corrected chi connectivity index (χ2v) is 10.1. The summed E-state index contributed by atoms with van der Waals surface area (Å²) in [5.74, 6) is -0.0781. The molecule has 0 aliphatic carbocycles. The lowest BCUT2D eigenvalue weighted by molar-refractivity contribution is -0.114. The fraction of sp³-hybridized carbons (Fsp3) is 0.258. The molecule has 6 rings (SSSR count). The molecule has 4 heterocycles. The highest BCUT2D eigenvalue weighted by atomic mass is 16.2. The molecule has 4 aromatic rings. The van der Waals surface area contributed by atoms with Crippen molar-refractivity contribution in [3.63, 3.8) is 0 Å². The molecule has 0 atom stereocenters. The fourth-order valence-corrected chi connectivity index (χ4v) is 5.61. The number of carbonyl (C=O) groups excluding carboxylic acids is 1. The number of amides is 1. The van der Waals surface area contributed by atoms with E-state index in [9.17, 15) is 10.1 Å². The Morgan fingerprint density at radius 1 is 1.00 bits per heavy atom. The molecular formula is C31H30N6O. The Labute approximate surface area is 222 Å². The molecule has 0 saturated carbocycles. The largest absolute Gasteiger partial charge is 0.369 e. The monoisotopic (exact) mass is 502 g/mol. The summed E-state index contributed by atoms with van der Waals surface area (Å²) in [4.78, 5) is 19.0. The Morgan fingerprint density at radius 3 is 2.50 bits per heavy atom. The number of aromatic nitrogens is 2. The molecule has 1 fully saturated rings. The van der Waals surface area contributed by atoms with Gasteiger partial charge >= 0.3 is 0 Å². The molecule has 0 unspecified atom stereocenters. The Hall–Kier alpha value is -4.41. The van der Waals surface area contributed by atoms with E-state index >= 15 is 0 Å². The van der Waals surface area contributed by atoms with Gasteiger partial charge in [-0.1, -0.05) is 24.8 Å². The highest BCUT2D eigenvalue weighted by Gasteiger charge is 2.22. The summed E-state index contributed by atoms with van der Waals surface area (Å²) in [6.07, 6.45) is 6.80. The van der Waals surface area contributed by atoms with Crippen LogP contribution in [0.3, 0.4) is 0 Å². The Morgan fingerprint density at radius 2 is 1.76 bits per heavy atom. The Kier molecular flexibility index (Phi) is 6.18. The van der Waals surface area contributed by atoms with E-state index in [-0.39, 0.29) is 5.91 Å². The van der Waals surface area contributed by atoms with Crippen molar-refractivity contribution in [2.45, 2.75) is 12.8 Å². The first-order valence-corrected chi connectivity index (χ1v) is 13.1. The van der Waals surface area contributed by atoms with E-state index in [4.69, 9.17) is 0 Å². The zero-order chi connectivity index (χ0) is 26.2. The molecule has 7 nitrogen and oxygen atoms in total. The summed E-state index contributed by atoms with van der Waals surface area (Å²) < 4.78 is 1.81. The average Bonchev–Trinajstić information content (AvgIpc) is 3.39. The van der Waals surface area contributed by atoms with Crippen molar-refractivity contribution in [3.05, 3.63) is 84.7 Å². The fourth-order valence-electron chi connectivity index (χ4n) is 5.61. The Bertz CT molecular complexity index is 1570. The van der Waals surface area contributed by atoms with Crippen molar-refractivity contribution < 1.29 is 4.79 Å². The van der Waals surface area contributed by atoms with E-state index in [1.165, 1.54) is 11.8 Å². The van der Waals surface area contributed by atoms with Gasteiger partial charge in [-0.15, -0.1) is 0 Å². The lowest BCUT2D eigenvalue weighted by Crippen LogP contribution is -2.44. The van der Waals surface area contributed by atoms with Crippen LogP contribution in [-0.2, 0) is 11.2 Å². The molecule has 0 radical (unpaired) electrons. The summed E-state index contributed by atoms with van der Waals surface area (Å²) in [5.41, 5.74) is 8.73. The summed E-state index contributed by atoms with van der Waals surface area (Å²) >= 11 is 0. The van der Waals surface area contributed by atoms with Gasteiger partial charge in [-0.3, -0.25) is 4.79 Å². The minimum absolute atomic E-state index is 0.0781. The van der Waals surface area contributed by atoms with Gasteiger partial charge in [-0.25, -0.2) is 4.52 Å². The highest BCUT2D eigenvalue weighted by molar-refractivity contribution is 6.02. The number of pyridine rings is 1. The summed E-state index contributed by atoms with van der Waals surface area (Å²) in [6.45, 7) is 8.56. The number of aryl methyl sites for hydroxylation is 1. The topological polar surface area (TPSA) is 67.9 Å². The van der Waals surface area contributed by atoms with Crippen molar-refractivity contribution in [2.75, 3.05) is 49.6 Å². The number of likely N-dealkylation sites (N-methyl/N-ethyl adjacent to an activating group) is 1. The first kappa shape index (κ1) is 24.0. The molecule has 7 heteroatoms. The lowest BCUT2D eigenvalue weighted by atomic mass is 9.94. The third-order valence-corrected chi connectivity index (χ3v) is 7.75. The second kappa shape index (κ2) is 9.81. The van der Waals surface area contributed by atoms with Gasteiger partial charge in [0, 0.05) is 61.4 Å². The number of benzene rings is 2. The zero-order valence-electron chi connectivity index (χ0n) is 21.6. The number of nitrogens with zero attached hydrogens (tertiary/aromatic N) is 6. The van der Waals surface area contributed by atoms with E-state index in [2.05, 4.69) is 71.0 Å². The van der Waals surface area contributed by atoms with Crippen LogP contribution in [0.15, 0.2) is 73.6 Å². The minimum Gasteiger partial charge on any atom is -0.369 e. The standard InChI is InChI=1S/C31H30N6O/c1-3-30(38)36-12-4-5-24-17-23(8-11-29(24)36)28-18-25(21-37-31(28)26(19-32)20-33-37)22-6-9-27(10-7-22)35-15-13-34(2)14-16-35/h3,6-11,17-18,20-21H,1,4-5,12-16H2,2H3. The number of fused-ring (bicyclic) bond motifs is 2. The second-order valence-electron chi connectivity index (χ2n) is 10.1. The maximum atomic E-state index is 12.4. The van der Waals surface area contributed by atoms with Crippen LogP contribution in [0.25, 0.3) is 27.8 Å². The molecule has 0 spiro atoms. The number of hydrogen-bond donors (Lipinski definition) is 0. The highest BCUT2D eigenvalue weighted by Crippen LogP contribution is 2.36. The van der Waals surface area contributed by atoms with Crippen molar-refractivity contribution in [1.29, 1.82) is 5.26 Å². The summed E-state index contributed by atoms with van der Waals surface area (Å²) in [6, 6.07) is 19.4. The number of carbonyl (C=O) groups is 1. The Balaban J connectivity index is 1.41. The lowest BCUT2D eigenvalue weighted by Gasteiger charge is -2.34. The SMILES string of the molecule is C=CC(=O)N1CCCc2cc(-c3cc(-c4ccc(N5CCN(C)CC5)cc4)cn4ncc(C#N)c34)ccc21. The van der Waals surface area contributed by atoms with Crippen molar-refractivity contribution in [1.82, 2.24) is 14.5 Å². The number of anilines is 2. The number of hydrogen-bond acceptors (Lipinski definition) is 5. The molecule has 2 aromatic carbocycles. The van der Waals surface area contributed by atoms with E-state index in [1.807, 2.05) is 22.8 Å². The first-order chi connectivity index (χ1) is 18.6. The van der Waals surface area contributed by atoms with Crippen LogP contribution in [0.5, 0.6) is 0 Å². The predicted molar refractivity (Wildman–Crippen MR) is 151 cm³/mol. The van der Waals surface area contributed by atoms with Crippen LogP contribution < -0.4 is 9.80 Å². The van der Waals surface area contributed by atoms with Gasteiger partial charge in [-0.05, 0) is 73.0 Å². The maximum absolute atomic E-state index is 12.4. The molecule has 2 aromatic heterocycles. The molecular weight excluding hydrogens is 472 g/mol. The number of rotatable bonds is 4. The van der Waals surface area contributed by atoms with Crippen molar-refractivity contribution in [3.8, 4) is 28.3 Å². The summed E-state index contributed by atoms with van der Waals surface area (Å²) in [7, 11) is 2.17. The molecule has 1 saturated heterocycles. The van der Waals surface area contributed by atoms with Crippen LogP contribution in [0.1, 0.15) is 17.5 Å². The molecule has 2 aliphatic rings. The van der Waals surface area contributed by atoms with E-state index in [0.29, 0.717) is 12.1 Å². The number of piperazine rings is 1. The average molecular weight is 503 g/mol. The third-order valence-electron chi connectivity index (χ3n) is 7.75. The minimum atomic E-state index is -0.0781. The molecule has 38 heavy (non-hydrogen) atoms. The zero-order valence-corrected chi connectivity index (χ0v) is 21.6. The van der Waals surface area contributed by atoms with Crippen LogP contribution >= 0.6 is 0 Å². The van der Waals surface area contributed by atoms with Gasteiger partial charge in [0.25, 0.3) is 0 Å². The van der Waals surface area contributed by atoms with Crippen LogP contribution in [0.2, 0.25) is 0 Å². The smallest absolute Gasteiger partial charge is 0.250 e. The first-order valence-electron chi connectivity index (χ1n) is 13.1. The third kappa shape index (κ3) is 4.23. The van der Waals surface area contributed by atoms with E-state index < -0.39 is 0 Å². The quantitative estimate of drug-likeness (QED) is 0.377. The molecule has 190 valence electrons. The van der Waals surface area contributed by atoms with Crippen LogP contribution in [0, 0.1) is 11.3 Å². The van der Waals surface area contributed by atoms with Crippen LogP contribution in [0.4, 0.5) is 11.4 Å². The molecule has 2 aliphatic heterocycles. The summed E-state index contributed by atoms with van der Waals surface area (Å²) in [5, 5.41) is 14.3. The van der Waals surface area contributed by atoms with Gasteiger partial charge in [0.05, 0.1) is 17.3 Å². The van der Waals surface area contributed by atoms with Gasteiger partial charge in [0.15, 0.2) is 0 Å². The normalized spacial score (nSPS) is 15.8. The van der Waals surface area contributed by atoms with Gasteiger partial charge in [0.1, 0.15) is 6.07 Å². The van der Waals surface area contributed by atoms with Gasteiger partial charge in [0.2, 0.25) is 5.91 Å². The molecule has 1 amide bonds.